The molecule has 0 radical (unpaired) electrons. The number of benzene rings is 1. The van der Waals surface area contributed by atoms with Gasteiger partial charge in [0, 0.05) is 38.8 Å². The van der Waals surface area contributed by atoms with Gasteiger partial charge in [-0.2, -0.15) is 13.2 Å². The smallest absolute Gasteiger partial charge is 0.381 e. The van der Waals surface area contributed by atoms with Gasteiger partial charge in [-0.25, -0.2) is 0 Å². The third kappa shape index (κ3) is 8.48. The fraction of sp³-hybridized carbons (Fsp3) is 0.650. The summed E-state index contributed by atoms with van der Waals surface area (Å²) in [4.78, 5) is 4.50. The summed E-state index contributed by atoms with van der Waals surface area (Å²) in [7, 11) is 0. The van der Waals surface area contributed by atoms with Gasteiger partial charge in [0.05, 0.1) is 18.8 Å². The number of aliphatic imine (C=N–C) groups is 1. The Morgan fingerprint density at radius 2 is 2.04 bits per heavy atom. The van der Waals surface area contributed by atoms with Gasteiger partial charge in [-0.05, 0) is 43.9 Å². The Morgan fingerprint density at radius 1 is 1.25 bits per heavy atom. The zero-order valence-electron chi connectivity index (χ0n) is 16.4. The number of halogens is 3. The largest absolute Gasteiger partial charge is 0.416 e. The zero-order chi connectivity index (χ0) is 20.2. The molecule has 1 unspecified atom stereocenters. The number of ether oxygens (including phenoxy) is 2. The molecule has 0 bridgehead atoms. The molecule has 1 aliphatic heterocycles. The lowest BCUT2D eigenvalue weighted by atomic mass is 10.1. The minimum absolute atomic E-state index is 0.521. The first kappa shape index (κ1) is 22.5. The highest BCUT2D eigenvalue weighted by molar-refractivity contribution is 5.79. The van der Waals surface area contributed by atoms with E-state index in [9.17, 15) is 13.2 Å². The molecule has 1 aliphatic rings. The van der Waals surface area contributed by atoms with E-state index < -0.39 is 11.7 Å². The van der Waals surface area contributed by atoms with E-state index in [1.165, 1.54) is 12.1 Å². The SMILES string of the molecule is CCNC(=NCCCOCC1CCOC1)NCCc1ccc(C(F)(F)F)cc1. The van der Waals surface area contributed by atoms with Crippen LogP contribution in [0.2, 0.25) is 0 Å². The molecule has 2 N–H and O–H groups in total. The van der Waals surface area contributed by atoms with Crippen LogP contribution in [-0.4, -0.2) is 52.0 Å². The molecule has 0 aromatic heterocycles. The molecule has 8 heteroatoms. The summed E-state index contributed by atoms with van der Waals surface area (Å²) in [6, 6.07) is 5.27. The fourth-order valence-corrected chi connectivity index (χ4v) is 2.85. The number of rotatable bonds is 10. The fourth-order valence-electron chi connectivity index (χ4n) is 2.85. The molecule has 1 saturated heterocycles. The summed E-state index contributed by atoms with van der Waals surface area (Å²) >= 11 is 0. The Morgan fingerprint density at radius 3 is 2.68 bits per heavy atom. The number of nitrogens with zero attached hydrogens (tertiary/aromatic N) is 1. The van der Waals surface area contributed by atoms with Crippen LogP contribution in [0.3, 0.4) is 0 Å². The third-order valence-electron chi connectivity index (χ3n) is 4.43. The topological polar surface area (TPSA) is 54.9 Å². The van der Waals surface area contributed by atoms with Crippen LogP contribution in [0.25, 0.3) is 0 Å². The maximum Gasteiger partial charge on any atom is 0.416 e. The Balaban J connectivity index is 1.64. The maximum absolute atomic E-state index is 12.6. The molecular formula is C20H30F3N3O2. The molecule has 0 spiro atoms. The molecule has 1 atom stereocenters. The van der Waals surface area contributed by atoms with E-state index in [-0.39, 0.29) is 0 Å². The van der Waals surface area contributed by atoms with E-state index in [1.54, 1.807) is 0 Å². The van der Waals surface area contributed by atoms with E-state index in [0.717, 1.165) is 56.9 Å². The molecule has 1 fully saturated rings. The van der Waals surface area contributed by atoms with Crippen molar-refractivity contribution in [3.05, 3.63) is 35.4 Å². The highest BCUT2D eigenvalue weighted by Crippen LogP contribution is 2.29. The lowest BCUT2D eigenvalue weighted by Gasteiger charge is -2.12. The molecule has 0 amide bonds. The molecule has 158 valence electrons. The number of guanidine groups is 1. The van der Waals surface area contributed by atoms with Crippen molar-refractivity contribution < 1.29 is 22.6 Å². The molecular weight excluding hydrogens is 371 g/mol. The van der Waals surface area contributed by atoms with Crippen LogP contribution >= 0.6 is 0 Å². The zero-order valence-corrected chi connectivity index (χ0v) is 16.4. The van der Waals surface area contributed by atoms with Crippen LogP contribution < -0.4 is 10.6 Å². The van der Waals surface area contributed by atoms with Crippen LogP contribution in [0.15, 0.2) is 29.3 Å². The van der Waals surface area contributed by atoms with E-state index in [1.807, 2.05) is 6.92 Å². The average Bonchev–Trinajstić information content (AvgIpc) is 3.17. The van der Waals surface area contributed by atoms with E-state index in [4.69, 9.17) is 9.47 Å². The van der Waals surface area contributed by atoms with E-state index in [2.05, 4.69) is 15.6 Å². The monoisotopic (exact) mass is 401 g/mol. The third-order valence-corrected chi connectivity index (χ3v) is 4.43. The molecule has 1 aromatic carbocycles. The highest BCUT2D eigenvalue weighted by Gasteiger charge is 2.29. The Hall–Kier alpha value is -1.80. The molecule has 1 heterocycles. The summed E-state index contributed by atoms with van der Waals surface area (Å²) in [5.74, 6) is 1.23. The Bertz CT molecular complexity index is 585. The van der Waals surface area contributed by atoms with E-state index >= 15 is 0 Å². The van der Waals surface area contributed by atoms with Gasteiger partial charge < -0.3 is 20.1 Å². The number of hydrogen-bond donors (Lipinski definition) is 2. The summed E-state index contributed by atoms with van der Waals surface area (Å²) in [5, 5.41) is 6.38. The first-order valence-corrected chi connectivity index (χ1v) is 9.83. The van der Waals surface area contributed by atoms with Crippen LogP contribution in [0.1, 0.15) is 30.9 Å². The number of alkyl halides is 3. The molecule has 28 heavy (non-hydrogen) atoms. The van der Waals surface area contributed by atoms with E-state index in [0.29, 0.717) is 38.0 Å². The first-order chi connectivity index (χ1) is 13.5. The molecule has 0 saturated carbocycles. The minimum atomic E-state index is -4.30. The summed E-state index contributed by atoms with van der Waals surface area (Å²) in [6.45, 7) is 7.02. The first-order valence-electron chi connectivity index (χ1n) is 9.83. The van der Waals surface area contributed by atoms with Gasteiger partial charge in [0.25, 0.3) is 0 Å². The van der Waals surface area contributed by atoms with Crippen LogP contribution in [-0.2, 0) is 22.1 Å². The predicted molar refractivity (Wildman–Crippen MR) is 103 cm³/mol. The van der Waals surface area contributed by atoms with Crippen molar-refractivity contribution in [3.8, 4) is 0 Å². The van der Waals surface area contributed by atoms with Gasteiger partial charge in [-0.15, -0.1) is 0 Å². The van der Waals surface area contributed by atoms with Crippen molar-refractivity contribution in [3.63, 3.8) is 0 Å². The molecule has 2 rings (SSSR count). The molecule has 0 aliphatic carbocycles. The predicted octanol–water partition coefficient (Wildman–Crippen LogP) is 3.25. The highest BCUT2D eigenvalue weighted by atomic mass is 19.4. The van der Waals surface area contributed by atoms with Crippen molar-refractivity contribution in [1.29, 1.82) is 0 Å². The van der Waals surface area contributed by atoms with Gasteiger partial charge in [-0.1, -0.05) is 12.1 Å². The van der Waals surface area contributed by atoms with Crippen molar-refractivity contribution in [2.75, 3.05) is 46.1 Å². The van der Waals surface area contributed by atoms with Gasteiger partial charge in [0.15, 0.2) is 5.96 Å². The molecule has 5 nitrogen and oxygen atoms in total. The number of nitrogens with one attached hydrogen (secondary N) is 2. The summed E-state index contributed by atoms with van der Waals surface area (Å²) < 4.78 is 48.7. The van der Waals surface area contributed by atoms with Crippen LogP contribution in [0.5, 0.6) is 0 Å². The quantitative estimate of drug-likeness (QED) is 0.359. The lowest BCUT2D eigenvalue weighted by Crippen LogP contribution is -2.38. The second kappa shape index (κ2) is 11.9. The molecule has 1 aromatic rings. The van der Waals surface area contributed by atoms with Gasteiger partial charge in [0.1, 0.15) is 0 Å². The second-order valence-corrected chi connectivity index (χ2v) is 6.79. The Kier molecular flexibility index (Phi) is 9.57. The van der Waals surface area contributed by atoms with Gasteiger partial charge in [0.2, 0.25) is 0 Å². The summed E-state index contributed by atoms with van der Waals surface area (Å²) in [5.41, 5.74) is 0.224. The second-order valence-electron chi connectivity index (χ2n) is 6.79. The summed E-state index contributed by atoms with van der Waals surface area (Å²) in [6.07, 6.45) is -1.76. The van der Waals surface area contributed by atoms with Crippen molar-refractivity contribution >= 4 is 5.96 Å². The van der Waals surface area contributed by atoms with Crippen molar-refractivity contribution in [2.45, 2.75) is 32.4 Å². The normalized spacial score (nSPS) is 17.7. The lowest BCUT2D eigenvalue weighted by molar-refractivity contribution is -0.137. The number of hydrogen-bond acceptors (Lipinski definition) is 3. The van der Waals surface area contributed by atoms with Crippen LogP contribution in [0.4, 0.5) is 13.2 Å². The average molecular weight is 401 g/mol. The van der Waals surface area contributed by atoms with Crippen molar-refractivity contribution in [1.82, 2.24) is 10.6 Å². The Labute approximate surface area is 164 Å². The van der Waals surface area contributed by atoms with Crippen molar-refractivity contribution in [2.24, 2.45) is 10.9 Å². The standard InChI is InChI=1S/C20H30F3N3O2/c1-2-24-19(25-10-3-12-27-14-17-9-13-28-15-17)26-11-8-16-4-6-18(7-5-16)20(21,22)23/h4-7,17H,2-3,8-15H2,1H3,(H2,24,25,26). The minimum Gasteiger partial charge on any atom is -0.381 e. The van der Waals surface area contributed by atoms with Gasteiger partial charge in [-0.3, -0.25) is 4.99 Å². The van der Waals surface area contributed by atoms with Crippen LogP contribution in [0, 0.1) is 5.92 Å². The van der Waals surface area contributed by atoms with Gasteiger partial charge >= 0.3 is 6.18 Å². The maximum atomic E-state index is 12.6.